The van der Waals surface area contributed by atoms with Crippen molar-refractivity contribution in [1.82, 2.24) is 10.6 Å². The lowest BCUT2D eigenvalue weighted by Gasteiger charge is -2.23. The number of hydrogen-bond donors (Lipinski definition) is 3. The van der Waals surface area contributed by atoms with Gasteiger partial charge < -0.3 is 15.4 Å². The second-order valence-corrected chi connectivity index (χ2v) is 8.04. The van der Waals surface area contributed by atoms with Gasteiger partial charge in [-0.05, 0) is 67.9 Å². The molecule has 1 saturated carbocycles. The highest BCUT2D eigenvalue weighted by Crippen LogP contribution is 2.20. The van der Waals surface area contributed by atoms with E-state index in [1.54, 1.807) is 18.2 Å². The third kappa shape index (κ3) is 7.20. The molecular weight excluding hydrogens is 422 g/mol. The second-order valence-electron chi connectivity index (χ2n) is 7.63. The monoisotopic (exact) mass is 451 g/mol. The van der Waals surface area contributed by atoms with Gasteiger partial charge in [-0.2, -0.15) is 0 Å². The molecule has 0 saturated heterocycles. The Morgan fingerprint density at radius 3 is 2.50 bits per heavy atom. The van der Waals surface area contributed by atoms with Crippen molar-refractivity contribution in [3.05, 3.63) is 65.7 Å². The summed E-state index contributed by atoms with van der Waals surface area (Å²) in [7, 11) is 0. The highest BCUT2D eigenvalue weighted by atomic mass is 32.1. The van der Waals surface area contributed by atoms with Crippen LogP contribution < -0.4 is 20.7 Å². The van der Waals surface area contributed by atoms with Crippen molar-refractivity contribution >= 4 is 40.9 Å². The molecule has 2 aromatic rings. The standard InChI is InChI=1S/C25H29N3O3S/c1-2-31-20-15-12-18(13-16-20)14-17-23(29)28-25(32)27-22-11-7-6-10-21(22)24(30)26-19-8-4-3-5-9-19/h6-7,10-17,19H,2-5,8-9H2,1H3,(H,26,30)(H2,27,28,29,32)/b17-14+. The van der Waals surface area contributed by atoms with Gasteiger partial charge in [0.25, 0.3) is 5.91 Å². The molecule has 168 valence electrons. The smallest absolute Gasteiger partial charge is 0.253 e. The number of amides is 2. The number of hydrogen-bond acceptors (Lipinski definition) is 4. The summed E-state index contributed by atoms with van der Waals surface area (Å²) < 4.78 is 5.41. The molecule has 0 aliphatic heterocycles. The lowest BCUT2D eigenvalue weighted by molar-refractivity contribution is -0.115. The molecule has 0 spiro atoms. The Hall–Kier alpha value is -3.19. The van der Waals surface area contributed by atoms with E-state index in [0.717, 1.165) is 37.0 Å². The van der Waals surface area contributed by atoms with Crippen LogP contribution in [0.2, 0.25) is 0 Å². The number of carbonyl (C=O) groups is 2. The first-order valence-corrected chi connectivity index (χ1v) is 11.4. The molecule has 0 aromatic heterocycles. The molecule has 0 heterocycles. The minimum Gasteiger partial charge on any atom is -0.494 e. The minimum atomic E-state index is -0.361. The summed E-state index contributed by atoms with van der Waals surface area (Å²) in [5.74, 6) is 0.288. The van der Waals surface area contributed by atoms with Crippen LogP contribution in [0.1, 0.15) is 54.9 Å². The Morgan fingerprint density at radius 1 is 1.06 bits per heavy atom. The quantitative estimate of drug-likeness (QED) is 0.421. The van der Waals surface area contributed by atoms with Gasteiger partial charge in [0.2, 0.25) is 5.91 Å². The van der Waals surface area contributed by atoms with Gasteiger partial charge in [0, 0.05) is 12.1 Å². The van der Waals surface area contributed by atoms with Crippen LogP contribution in [0, 0.1) is 0 Å². The van der Waals surface area contributed by atoms with Gasteiger partial charge in [0.05, 0.1) is 17.9 Å². The SMILES string of the molecule is CCOc1ccc(/C=C/C(=O)NC(=S)Nc2ccccc2C(=O)NC2CCCCC2)cc1. The Kier molecular flexibility index (Phi) is 8.80. The molecule has 2 amide bonds. The number of benzene rings is 2. The Balaban J connectivity index is 1.55. The van der Waals surface area contributed by atoms with E-state index >= 15 is 0 Å². The highest BCUT2D eigenvalue weighted by molar-refractivity contribution is 7.80. The van der Waals surface area contributed by atoms with Gasteiger partial charge in [0.15, 0.2) is 5.11 Å². The molecule has 1 fully saturated rings. The van der Waals surface area contributed by atoms with E-state index in [0.29, 0.717) is 17.9 Å². The molecule has 0 unspecified atom stereocenters. The number of para-hydroxylation sites is 1. The van der Waals surface area contributed by atoms with Crippen molar-refractivity contribution in [2.45, 2.75) is 45.1 Å². The maximum absolute atomic E-state index is 12.8. The molecule has 2 aromatic carbocycles. The van der Waals surface area contributed by atoms with Gasteiger partial charge in [-0.25, -0.2) is 0 Å². The third-order valence-corrected chi connectivity index (χ3v) is 5.42. The van der Waals surface area contributed by atoms with Crippen molar-refractivity contribution in [3.63, 3.8) is 0 Å². The lowest BCUT2D eigenvalue weighted by atomic mass is 9.95. The van der Waals surface area contributed by atoms with Crippen molar-refractivity contribution in [2.75, 3.05) is 11.9 Å². The number of anilines is 1. The van der Waals surface area contributed by atoms with E-state index in [1.165, 1.54) is 12.5 Å². The highest BCUT2D eigenvalue weighted by Gasteiger charge is 2.18. The van der Waals surface area contributed by atoms with Crippen LogP contribution in [0.25, 0.3) is 6.08 Å². The average molecular weight is 452 g/mol. The fourth-order valence-corrected chi connectivity index (χ4v) is 3.83. The number of carbonyl (C=O) groups excluding carboxylic acids is 2. The molecule has 6 nitrogen and oxygen atoms in total. The van der Waals surface area contributed by atoms with Gasteiger partial charge in [-0.15, -0.1) is 0 Å². The normalized spacial score (nSPS) is 14.0. The summed E-state index contributed by atoms with van der Waals surface area (Å²) in [6, 6.07) is 14.8. The average Bonchev–Trinajstić information content (AvgIpc) is 2.80. The largest absolute Gasteiger partial charge is 0.494 e. The van der Waals surface area contributed by atoms with Gasteiger partial charge in [0.1, 0.15) is 5.75 Å². The first-order chi connectivity index (χ1) is 15.5. The molecule has 7 heteroatoms. The van der Waals surface area contributed by atoms with Crippen LogP contribution in [0.3, 0.4) is 0 Å². The van der Waals surface area contributed by atoms with E-state index < -0.39 is 0 Å². The summed E-state index contributed by atoms with van der Waals surface area (Å²) in [5, 5.41) is 8.82. The molecule has 32 heavy (non-hydrogen) atoms. The van der Waals surface area contributed by atoms with Crippen molar-refractivity contribution in [3.8, 4) is 5.75 Å². The van der Waals surface area contributed by atoms with E-state index in [9.17, 15) is 9.59 Å². The number of ether oxygens (including phenoxy) is 1. The molecule has 3 rings (SSSR count). The summed E-state index contributed by atoms with van der Waals surface area (Å²) in [6.07, 6.45) is 8.64. The fourth-order valence-electron chi connectivity index (χ4n) is 3.62. The van der Waals surface area contributed by atoms with Crippen LogP contribution in [-0.2, 0) is 4.79 Å². The number of nitrogens with one attached hydrogen (secondary N) is 3. The van der Waals surface area contributed by atoms with Crippen LogP contribution in [-0.4, -0.2) is 29.6 Å². The summed E-state index contributed by atoms with van der Waals surface area (Å²) in [6.45, 7) is 2.53. The van der Waals surface area contributed by atoms with Gasteiger partial charge in [-0.1, -0.05) is 43.5 Å². The molecule has 0 radical (unpaired) electrons. The fraction of sp³-hybridized carbons (Fsp3) is 0.320. The van der Waals surface area contributed by atoms with Crippen molar-refractivity contribution in [2.24, 2.45) is 0 Å². The van der Waals surface area contributed by atoms with E-state index in [1.807, 2.05) is 43.3 Å². The predicted octanol–water partition coefficient (Wildman–Crippen LogP) is 4.67. The second kappa shape index (κ2) is 12.0. The number of rotatable bonds is 7. The Labute approximate surface area is 194 Å². The van der Waals surface area contributed by atoms with Crippen LogP contribution >= 0.6 is 12.2 Å². The summed E-state index contributed by atoms with van der Waals surface area (Å²) in [4.78, 5) is 25.0. The maximum atomic E-state index is 12.8. The zero-order chi connectivity index (χ0) is 22.8. The third-order valence-electron chi connectivity index (χ3n) is 5.22. The number of thiocarbonyl (C=S) groups is 1. The van der Waals surface area contributed by atoms with E-state index in [4.69, 9.17) is 17.0 Å². The zero-order valence-corrected chi connectivity index (χ0v) is 19.0. The Morgan fingerprint density at radius 2 is 1.78 bits per heavy atom. The van der Waals surface area contributed by atoms with Crippen molar-refractivity contribution in [1.29, 1.82) is 0 Å². The summed E-state index contributed by atoms with van der Waals surface area (Å²) >= 11 is 5.27. The van der Waals surface area contributed by atoms with E-state index in [-0.39, 0.29) is 23.0 Å². The van der Waals surface area contributed by atoms with Crippen LogP contribution in [0.15, 0.2) is 54.6 Å². The van der Waals surface area contributed by atoms with Gasteiger partial charge >= 0.3 is 0 Å². The first-order valence-electron chi connectivity index (χ1n) is 11.0. The molecule has 3 N–H and O–H groups in total. The van der Waals surface area contributed by atoms with E-state index in [2.05, 4.69) is 16.0 Å². The molecule has 1 aliphatic carbocycles. The van der Waals surface area contributed by atoms with Gasteiger partial charge in [-0.3, -0.25) is 14.9 Å². The Bertz CT molecular complexity index is 967. The lowest BCUT2D eigenvalue weighted by Crippen LogP contribution is -2.37. The summed E-state index contributed by atoms with van der Waals surface area (Å²) in [5.41, 5.74) is 1.92. The molecule has 0 bridgehead atoms. The topological polar surface area (TPSA) is 79.5 Å². The van der Waals surface area contributed by atoms with Crippen LogP contribution in [0.4, 0.5) is 5.69 Å². The minimum absolute atomic E-state index is 0.129. The molecule has 1 aliphatic rings. The predicted molar refractivity (Wildman–Crippen MR) is 132 cm³/mol. The van der Waals surface area contributed by atoms with Crippen LogP contribution in [0.5, 0.6) is 5.75 Å². The molecule has 0 atom stereocenters. The van der Waals surface area contributed by atoms with Crippen molar-refractivity contribution < 1.29 is 14.3 Å². The maximum Gasteiger partial charge on any atom is 0.253 e. The first kappa shape index (κ1) is 23.5. The molecular formula is C25H29N3O3S. The zero-order valence-electron chi connectivity index (χ0n) is 18.2.